The van der Waals surface area contributed by atoms with Gasteiger partial charge in [-0.3, -0.25) is 4.99 Å². The molecule has 0 spiro atoms. The first-order valence-corrected chi connectivity index (χ1v) is 9.49. The molecule has 2 N–H and O–H groups in total. The molecule has 10 heteroatoms. The summed E-state index contributed by atoms with van der Waals surface area (Å²) in [6.45, 7) is -1.23. The molecule has 0 radical (unpaired) electrons. The van der Waals surface area contributed by atoms with E-state index in [-0.39, 0.29) is 43.1 Å². The van der Waals surface area contributed by atoms with Crippen molar-refractivity contribution in [2.45, 2.75) is 26.2 Å². The molecule has 0 unspecified atom stereocenters. The Morgan fingerprint density at radius 1 is 1.10 bits per heavy atom. The molecule has 0 aromatic heterocycles. The molecule has 7 nitrogen and oxygen atoms in total. The van der Waals surface area contributed by atoms with Gasteiger partial charge in [0.2, 0.25) is 6.79 Å². The van der Waals surface area contributed by atoms with Gasteiger partial charge >= 0.3 is 6.61 Å². The number of nitrogens with one attached hydrogen (secondary N) is 2. The summed E-state index contributed by atoms with van der Waals surface area (Å²) >= 11 is 0. The second-order valence-electron chi connectivity index (χ2n) is 7.03. The van der Waals surface area contributed by atoms with Crippen LogP contribution in [-0.2, 0) is 19.6 Å². The predicted molar refractivity (Wildman–Crippen MR) is 125 cm³/mol. The average molecular weight is 548 g/mol. The molecule has 2 aromatic carbocycles. The van der Waals surface area contributed by atoms with Gasteiger partial charge in [-0.25, -0.2) is 0 Å². The number of hydrogen-bond acceptors (Lipinski definition) is 5. The van der Waals surface area contributed by atoms with Crippen molar-refractivity contribution in [2.24, 2.45) is 4.99 Å². The highest BCUT2D eigenvalue weighted by atomic mass is 127. The normalized spacial score (nSPS) is 12.7. The van der Waals surface area contributed by atoms with E-state index >= 15 is 0 Å². The molecule has 0 aliphatic carbocycles. The van der Waals surface area contributed by atoms with Crippen molar-refractivity contribution in [3.63, 3.8) is 0 Å². The van der Waals surface area contributed by atoms with Crippen LogP contribution in [0, 0.1) is 0 Å². The number of fused-ring (bicyclic) bond motifs is 1. The lowest BCUT2D eigenvalue weighted by Gasteiger charge is -2.16. The molecule has 1 aliphatic rings. The first-order valence-electron chi connectivity index (χ1n) is 9.49. The first-order chi connectivity index (χ1) is 14.4. The van der Waals surface area contributed by atoms with Gasteiger partial charge in [-0.2, -0.15) is 8.78 Å². The summed E-state index contributed by atoms with van der Waals surface area (Å²) in [6.07, 6.45) is 0. The van der Waals surface area contributed by atoms with Crippen LogP contribution in [0.15, 0.2) is 41.4 Å². The summed E-state index contributed by atoms with van der Waals surface area (Å²) in [5.74, 6) is 1.45. The minimum absolute atomic E-state index is 0. The molecule has 1 aliphatic heterocycles. The number of nitrogens with zero attached hydrogens (tertiary/aromatic N) is 2. The SMILES string of the molecule is CN=C(NCc1cccc(CN(C)C)c1)NCc1cc2c(cc1OC(F)F)OCO2.I. The molecule has 3 rings (SSSR count). The van der Waals surface area contributed by atoms with Crippen molar-refractivity contribution in [3.8, 4) is 17.2 Å². The van der Waals surface area contributed by atoms with E-state index in [1.165, 1.54) is 11.6 Å². The standard InChI is InChI=1S/C21H26F2N4O3.HI/c1-24-21(25-10-14-5-4-6-15(7-14)12-27(2)3)26-11-16-8-18-19(29-13-28-18)9-17(16)30-20(22)23;/h4-9,20H,10-13H2,1-3H3,(H2,24,25,26);1H. The maximum Gasteiger partial charge on any atom is 0.387 e. The van der Waals surface area contributed by atoms with Gasteiger partial charge in [0.1, 0.15) is 5.75 Å². The van der Waals surface area contributed by atoms with Gasteiger partial charge < -0.3 is 29.7 Å². The second-order valence-corrected chi connectivity index (χ2v) is 7.03. The number of halogens is 3. The number of aliphatic imine (C=N–C) groups is 1. The second kappa shape index (κ2) is 11.9. The van der Waals surface area contributed by atoms with E-state index < -0.39 is 6.61 Å². The molecule has 0 amide bonds. The van der Waals surface area contributed by atoms with Gasteiger partial charge in [-0.15, -0.1) is 24.0 Å². The van der Waals surface area contributed by atoms with Crippen LogP contribution in [0.3, 0.4) is 0 Å². The van der Waals surface area contributed by atoms with Crippen molar-refractivity contribution in [2.75, 3.05) is 27.9 Å². The van der Waals surface area contributed by atoms with Gasteiger partial charge in [-0.05, 0) is 31.3 Å². The molecular formula is C21H27F2IN4O3. The Kier molecular flexibility index (Phi) is 9.56. The monoisotopic (exact) mass is 548 g/mol. The fraction of sp³-hybridized carbons (Fsp3) is 0.381. The van der Waals surface area contributed by atoms with Gasteiger partial charge in [0.15, 0.2) is 17.5 Å². The van der Waals surface area contributed by atoms with E-state index in [1.807, 2.05) is 26.2 Å². The molecular weight excluding hydrogens is 521 g/mol. The number of hydrogen-bond donors (Lipinski definition) is 2. The van der Waals surface area contributed by atoms with E-state index in [1.54, 1.807) is 13.1 Å². The van der Waals surface area contributed by atoms with E-state index in [9.17, 15) is 8.78 Å². The molecule has 1 heterocycles. The number of rotatable bonds is 8. The van der Waals surface area contributed by atoms with Crippen molar-refractivity contribution >= 4 is 29.9 Å². The van der Waals surface area contributed by atoms with E-state index in [4.69, 9.17) is 9.47 Å². The Balaban J connectivity index is 0.00000341. The summed E-state index contributed by atoms with van der Waals surface area (Å²) in [6, 6.07) is 11.3. The highest BCUT2D eigenvalue weighted by Crippen LogP contribution is 2.38. The third-order valence-electron chi connectivity index (χ3n) is 4.39. The highest BCUT2D eigenvalue weighted by molar-refractivity contribution is 14.0. The third-order valence-corrected chi connectivity index (χ3v) is 4.39. The molecule has 31 heavy (non-hydrogen) atoms. The minimum atomic E-state index is -2.93. The van der Waals surface area contributed by atoms with Gasteiger partial charge in [0.25, 0.3) is 0 Å². The van der Waals surface area contributed by atoms with Crippen LogP contribution in [0.2, 0.25) is 0 Å². The molecule has 0 atom stereocenters. The summed E-state index contributed by atoms with van der Waals surface area (Å²) < 4.78 is 40.8. The quantitative estimate of drug-likeness (QED) is 0.299. The Morgan fingerprint density at radius 2 is 1.77 bits per heavy atom. The number of benzene rings is 2. The Labute approximate surface area is 197 Å². The van der Waals surface area contributed by atoms with Crippen LogP contribution >= 0.6 is 24.0 Å². The summed E-state index contributed by atoms with van der Waals surface area (Å²) in [5.41, 5.74) is 2.84. The molecule has 2 aromatic rings. The van der Waals surface area contributed by atoms with Crippen LogP contribution in [0.25, 0.3) is 0 Å². The maximum atomic E-state index is 12.8. The minimum Gasteiger partial charge on any atom is -0.454 e. The van der Waals surface area contributed by atoms with Gasteiger partial charge in [0.05, 0.1) is 0 Å². The zero-order chi connectivity index (χ0) is 21.5. The first kappa shape index (κ1) is 24.9. The lowest BCUT2D eigenvalue weighted by Crippen LogP contribution is -2.36. The van der Waals surface area contributed by atoms with Crippen LogP contribution < -0.4 is 24.8 Å². The molecule has 0 saturated carbocycles. The zero-order valence-corrected chi connectivity index (χ0v) is 20.0. The molecule has 0 bridgehead atoms. The fourth-order valence-corrected chi connectivity index (χ4v) is 3.10. The van der Waals surface area contributed by atoms with Crippen molar-refractivity contribution in [1.82, 2.24) is 15.5 Å². The fourth-order valence-electron chi connectivity index (χ4n) is 3.10. The van der Waals surface area contributed by atoms with E-state index in [2.05, 4.69) is 37.4 Å². The molecule has 170 valence electrons. The number of ether oxygens (including phenoxy) is 3. The van der Waals surface area contributed by atoms with Crippen LogP contribution in [-0.4, -0.2) is 45.4 Å². The highest BCUT2D eigenvalue weighted by Gasteiger charge is 2.20. The van der Waals surface area contributed by atoms with Gasteiger partial charge in [-0.1, -0.05) is 24.3 Å². The lowest BCUT2D eigenvalue weighted by atomic mass is 10.1. The molecule has 0 fully saturated rings. The third kappa shape index (κ3) is 7.39. The number of guanidine groups is 1. The summed E-state index contributed by atoms with van der Waals surface area (Å²) in [4.78, 5) is 6.30. The van der Waals surface area contributed by atoms with Crippen molar-refractivity contribution in [3.05, 3.63) is 53.1 Å². The smallest absolute Gasteiger partial charge is 0.387 e. The van der Waals surface area contributed by atoms with E-state index in [0.717, 1.165) is 12.1 Å². The van der Waals surface area contributed by atoms with Crippen molar-refractivity contribution in [1.29, 1.82) is 0 Å². The predicted octanol–water partition coefficient (Wildman–Crippen LogP) is 3.56. The van der Waals surface area contributed by atoms with Crippen LogP contribution in [0.5, 0.6) is 17.2 Å². The summed E-state index contributed by atoms with van der Waals surface area (Å²) in [5, 5.41) is 6.35. The van der Waals surface area contributed by atoms with Crippen LogP contribution in [0.1, 0.15) is 16.7 Å². The molecule has 0 saturated heterocycles. The van der Waals surface area contributed by atoms with Crippen LogP contribution in [0.4, 0.5) is 8.78 Å². The Morgan fingerprint density at radius 3 is 2.45 bits per heavy atom. The zero-order valence-electron chi connectivity index (χ0n) is 17.7. The Hall–Kier alpha value is -2.34. The topological polar surface area (TPSA) is 67.4 Å². The average Bonchev–Trinajstić information content (AvgIpc) is 3.14. The maximum absolute atomic E-state index is 12.8. The van der Waals surface area contributed by atoms with E-state index in [0.29, 0.717) is 29.6 Å². The Bertz CT molecular complexity index is 897. The summed E-state index contributed by atoms with van der Waals surface area (Å²) in [7, 11) is 5.70. The number of alkyl halides is 2. The van der Waals surface area contributed by atoms with Gasteiger partial charge in [0, 0.05) is 38.3 Å². The van der Waals surface area contributed by atoms with Crippen molar-refractivity contribution < 1.29 is 23.0 Å². The lowest BCUT2D eigenvalue weighted by molar-refractivity contribution is -0.0505. The largest absolute Gasteiger partial charge is 0.454 e.